The van der Waals surface area contributed by atoms with Gasteiger partial charge in [-0.25, -0.2) is 0 Å². The average molecular weight is 852 g/mol. The van der Waals surface area contributed by atoms with Gasteiger partial charge in [-0.1, -0.05) is 57.5 Å². The van der Waals surface area contributed by atoms with Gasteiger partial charge in [0.2, 0.25) is 0 Å². The number of hydrogen-bond donors (Lipinski definition) is 6. The molecule has 6 N–H and O–H groups in total. The van der Waals surface area contributed by atoms with Gasteiger partial charge in [-0.15, -0.1) is 0 Å². The van der Waals surface area contributed by atoms with Gasteiger partial charge in [-0.05, 0) is 45.9 Å². The second-order valence-corrected chi connectivity index (χ2v) is 16.6. The number of ether oxygens (including phenoxy) is 4. The molecule has 0 aliphatic carbocycles. The number of ketones is 1. The van der Waals surface area contributed by atoms with Crippen LogP contribution in [0, 0.1) is 30.6 Å². The molecule has 61 heavy (non-hydrogen) atoms. The summed E-state index contributed by atoms with van der Waals surface area (Å²) in [4.78, 5) is 48.3. The van der Waals surface area contributed by atoms with Crippen molar-refractivity contribution in [1.82, 2.24) is 4.90 Å². The number of nitrogens with zero attached hydrogens (tertiary/aromatic N) is 2. The lowest BCUT2D eigenvalue weighted by Gasteiger charge is -2.38. The highest BCUT2D eigenvalue weighted by Crippen LogP contribution is 2.55. The zero-order chi connectivity index (χ0) is 44.9. The van der Waals surface area contributed by atoms with Gasteiger partial charge in [0, 0.05) is 67.7 Å². The smallest absolute Gasteiger partial charge is 0.312 e. The Bertz CT molecular complexity index is 2090. The molecule has 0 saturated carbocycles. The number of Topliss-reactive ketones (excluding diaryl/α,β-unsaturated/α-hetero) is 1. The topological polar surface area (TPSA) is 226 Å². The number of oxime groups is 1. The number of carbonyl (C=O) groups excluding carboxylic acids is 3. The minimum Gasteiger partial charge on any atom is -0.507 e. The summed E-state index contributed by atoms with van der Waals surface area (Å²) in [6.45, 7) is 15.2. The zero-order valence-corrected chi connectivity index (χ0v) is 36.4. The maximum atomic E-state index is 14.4. The van der Waals surface area contributed by atoms with Crippen molar-refractivity contribution < 1.29 is 63.7 Å². The van der Waals surface area contributed by atoms with Gasteiger partial charge < -0.3 is 54.6 Å². The van der Waals surface area contributed by atoms with E-state index in [1.165, 1.54) is 59.6 Å². The van der Waals surface area contributed by atoms with Crippen molar-refractivity contribution in [2.24, 2.45) is 28.8 Å². The minimum atomic E-state index is -2.06. The largest absolute Gasteiger partial charge is 0.507 e. The van der Waals surface area contributed by atoms with E-state index in [2.05, 4.69) is 15.4 Å². The highest BCUT2D eigenvalue weighted by atomic mass is 16.7. The van der Waals surface area contributed by atoms with Crippen LogP contribution in [0.3, 0.4) is 0 Å². The number of aliphatic hydroxyl groups is 2. The number of benzene rings is 2. The van der Waals surface area contributed by atoms with Crippen molar-refractivity contribution in [3.05, 3.63) is 52.8 Å². The van der Waals surface area contributed by atoms with E-state index >= 15 is 0 Å². The van der Waals surface area contributed by atoms with Gasteiger partial charge in [0.15, 0.2) is 5.75 Å². The quantitative estimate of drug-likeness (QED) is 0.0499. The first kappa shape index (κ1) is 46.9. The first-order valence-corrected chi connectivity index (χ1v) is 20.8. The SMILES string of the molecule is CO[C@H]1/C=C\O[C@@]2(C)Oc3c(C)c(O)c4c(O)c(c(/C=N/OCCN5CCCCC5)c(O)c4c3C2=O)NC(=O)/C(C)=C\C=C/[C@H](C)[C@H](O)[C@@H](C)[C@@H](O)[C@@H](C)[C@H](OC(C)=O)[C@@H]1C. The summed E-state index contributed by atoms with van der Waals surface area (Å²) < 4.78 is 23.6. The third-order valence-corrected chi connectivity index (χ3v) is 12.2. The van der Waals surface area contributed by atoms with Gasteiger partial charge >= 0.3 is 11.8 Å². The zero-order valence-electron chi connectivity index (χ0n) is 36.4. The number of phenols is 3. The molecule has 4 aliphatic rings. The van der Waals surface area contributed by atoms with Gasteiger partial charge in [-0.2, -0.15) is 0 Å². The van der Waals surface area contributed by atoms with Crippen LogP contribution in [0.15, 0.2) is 41.3 Å². The average Bonchev–Trinajstić information content (AvgIpc) is 3.50. The molecular weight excluding hydrogens is 791 g/mol. The minimum absolute atomic E-state index is 0.0408. The van der Waals surface area contributed by atoms with E-state index in [9.17, 15) is 39.9 Å². The predicted octanol–water partition coefficient (Wildman–Crippen LogP) is 5.59. The van der Waals surface area contributed by atoms with Gasteiger partial charge in [0.05, 0.1) is 53.0 Å². The number of carbonyl (C=O) groups is 3. The lowest BCUT2D eigenvalue weighted by Crippen LogP contribution is -2.46. The number of likely N-dealkylation sites (tertiary alicyclic amines) is 1. The molecule has 5 bridgehead atoms. The Kier molecular flexibility index (Phi) is 15.1. The Morgan fingerprint density at radius 1 is 0.967 bits per heavy atom. The van der Waals surface area contributed by atoms with E-state index in [4.69, 9.17) is 23.8 Å². The van der Waals surface area contributed by atoms with Crippen LogP contribution in [-0.2, 0) is 28.6 Å². The number of allylic oxidation sites excluding steroid dienone is 2. The van der Waals surface area contributed by atoms with E-state index < -0.39 is 88.8 Å². The van der Waals surface area contributed by atoms with Crippen molar-refractivity contribution in [3.63, 3.8) is 0 Å². The molecule has 2 aromatic carbocycles. The molecule has 4 aliphatic heterocycles. The molecule has 0 spiro atoms. The Labute approximate surface area is 356 Å². The Balaban J connectivity index is 1.65. The summed E-state index contributed by atoms with van der Waals surface area (Å²) >= 11 is 0. The Hall–Kier alpha value is -5.16. The van der Waals surface area contributed by atoms with Crippen LogP contribution in [0.1, 0.15) is 89.2 Å². The van der Waals surface area contributed by atoms with Gasteiger partial charge in [-0.3, -0.25) is 19.3 Å². The number of anilines is 1. The molecule has 0 radical (unpaired) electrons. The number of methoxy groups -OCH3 is 1. The molecule has 16 nitrogen and oxygen atoms in total. The van der Waals surface area contributed by atoms with Crippen molar-refractivity contribution in [3.8, 4) is 23.0 Å². The summed E-state index contributed by atoms with van der Waals surface area (Å²) in [6, 6.07) is 0. The summed E-state index contributed by atoms with van der Waals surface area (Å²) in [5, 5.41) is 64.4. The second kappa shape index (κ2) is 19.7. The van der Waals surface area contributed by atoms with Crippen LogP contribution in [0.5, 0.6) is 23.0 Å². The fourth-order valence-corrected chi connectivity index (χ4v) is 8.37. The molecule has 1 saturated heterocycles. The second-order valence-electron chi connectivity index (χ2n) is 16.6. The monoisotopic (exact) mass is 851 g/mol. The fourth-order valence-electron chi connectivity index (χ4n) is 8.37. The van der Waals surface area contributed by atoms with Crippen LogP contribution in [0.2, 0.25) is 0 Å². The predicted molar refractivity (Wildman–Crippen MR) is 228 cm³/mol. The highest BCUT2D eigenvalue weighted by Gasteiger charge is 2.50. The molecule has 4 heterocycles. The number of phenolic OH excluding ortho intramolecular Hbond substituents is 3. The molecule has 2 aromatic rings. The van der Waals surface area contributed by atoms with Crippen molar-refractivity contribution in [1.29, 1.82) is 0 Å². The lowest BCUT2D eigenvalue weighted by atomic mass is 9.78. The molecule has 16 heteroatoms. The summed E-state index contributed by atoms with van der Waals surface area (Å²) in [5.41, 5.74) is -0.555. The summed E-state index contributed by atoms with van der Waals surface area (Å²) in [6.07, 6.45) is 7.96. The molecule has 1 fully saturated rings. The fraction of sp³-hybridized carbons (Fsp3) is 0.556. The number of aliphatic hydroxyl groups excluding tert-OH is 2. The first-order valence-electron chi connectivity index (χ1n) is 20.8. The molecule has 9 atom stereocenters. The molecule has 0 aromatic heterocycles. The van der Waals surface area contributed by atoms with Crippen molar-refractivity contribution in [2.75, 3.05) is 38.7 Å². The van der Waals surface area contributed by atoms with Crippen molar-refractivity contribution in [2.45, 2.75) is 105 Å². The van der Waals surface area contributed by atoms with E-state index in [1.807, 2.05) is 0 Å². The molecule has 0 unspecified atom stereocenters. The number of hydrogen-bond acceptors (Lipinski definition) is 15. The van der Waals surface area contributed by atoms with Gasteiger partial charge in [0.1, 0.15) is 30.0 Å². The van der Waals surface area contributed by atoms with E-state index in [0.29, 0.717) is 6.54 Å². The van der Waals surface area contributed by atoms with Crippen LogP contribution >= 0.6 is 0 Å². The molecule has 334 valence electrons. The third kappa shape index (κ3) is 9.82. The van der Waals surface area contributed by atoms with Crippen LogP contribution in [-0.4, -0.2) is 118 Å². The lowest BCUT2D eigenvalue weighted by molar-refractivity contribution is -0.160. The summed E-state index contributed by atoms with van der Waals surface area (Å²) in [5.74, 6) is -8.57. The van der Waals surface area contributed by atoms with Crippen molar-refractivity contribution >= 4 is 40.3 Å². The molecular formula is C45H61N3O13. The van der Waals surface area contributed by atoms with E-state index in [-0.39, 0.29) is 51.1 Å². The number of amides is 1. The van der Waals surface area contributed by atoms with Gasteiger partial charge in [0.25, 0.3) is 11.7 Å². The number of rotatable bonds is 7. The Morgan fingerprint density at radius 3 is 2.31 bits per heavy atom. The van der Waals surface area contributed by atoms with Crippen LogP contribution in [0.25, 0.3) is 10.8 Å². The van der Waals surface area contributed by atoms with Crippen LogP contribution in [0.4, 0.5) is 5.69 Å². The van der Waals surface area contributed by atoms with E-state index in [0.717, 1.165) is 32.1 Å². The standard InChI is InChI=1S/C45H61N3O13/c1-23-14-13-15-24(2)44(56)47-35-30(22-46-59-21-19-48-17-11-10-12-18-48)39(53)32-33(40(35)54)38(52)28(6)42-34(32)43(55)45(8,61-42)58-20-16-31(57-9)25(3)41(60-29(7)49)27(5)37(51)26(4)36(23)50/h13-16,20,22-23,25-27,31,36-37,41,50-54H,10-12,17-19,21H2,1-9H3,(H,47,56)/b14-13-,20-16-,24-15-,46-22+/t23-,25+,26+,27+,31-,36-,37+,41+,45-/m0/s1. The maximum absolute atomic E-state index is 14.4. The number of nitrogens with one attached hydrogen (secondary N) is 1. The maximum Gasteiger partial charge on any atom is 0.312 e. The Morgan fingerprint density at radius 2 is 1.66 bits per heavy atom. The number of esters is 1. The highest BCUT2D eigenvalue weighted by molar-refractivity contribution is 6.23. The van der Waals surface area contributed by atoms with E-state index in [1.54, 1.807) is 39.8 Å². The number of piperidine rings is 1. The molecule has 6 rings (SSSR count). The number of fused-ring (bicyclic) bond motifs is 14. The third-order valence-electron chi connectivity index (χ3n) is 12.2. The van der Waals surface area contributed by atoms with Crippen LogP contribution < -0.4 is 10.1 Å². The first-order chi connectivity index (χ1) is 28.8. The number of aromatic hydroxyl groups is 3. The normalized spacial score (nSPS) is 31.3. The summed E-state index contributed by atoms with van der Waals surface area (Å²) in [7, 11) is 1.43. The molecule has 1 amide bonds.